The maximum absolute atomic E-state index is 13.2. The Labute approximate surface area is 190 Å². The molecule has 2 N–H and O–H groups in total. The van der Waals surface area contributed by atoms with Gasteiger partial charge in [-0.15, -0.1) is 0 Å². The van der Waals surface area contributed by atoms with Crippen LogP contribution in [0.2, 0.25) is 0 Å². The molecule has 0 spiro atoms. The van der Waals surface area contributed by atoms with Crippen LogP contribution in [-0.4, -0.2) is 47.9 Å². The van der Waals surface area contributed by atoms with E-state index in [1.807, 2.05) is 6.07 Å². The third-order valence-corrected chi connectivity index (χ3v) is 6.92. The van der Waals surface area contributed by atoms with E-state index < -0.39 is 11.9 Å². The first kappa shape index (κ1) is 24.3. The standard InChI is InChI=1S/C21H28FN3O3.C4H8/c22-17-3-6-20(16(13-17)14-23)28-19-8-11-25(12-9-19)10-7-15-1-4-18(5-2-15)24-21(26)27;1-2-4-3-1/h3,6,13,15,18-19,24H,1-2,4-5,7-12H2,(H,26,27);1-4H2/t15-,18-;. The molecule has 4 rings (SSSR count). The van der Waals surface area contributed by atoms with E-state index in [0.29, 0.717) is 11.7 Å². The third kappa shape index (κ3) is 7.98. The Bertz CT molecular complexity index is 758. The number of rotatable bonds is 6. The number of benzene rings is 1. The van der Waals surface area contributed by atoms with Gasteiger partial charge in [-0.25, -0.2) is 9.18 Å². The zero-order chi connectivity index (χ0) is 22.8. The lowest BCUT2D eigenvalue weighted by Crippen LogP contribution is -2.40. The van der Waals surface area contributed by atoms with Crippen LogP contribution >= 0.6 is 0 Å². The Morgan fingerprint density at radius 3 is 2.34 bits per heavy atom. The molecule has 6 nitrogen and oxygen atoms in total. The van der Waals surface area contributed by atoms with E-state index in [1.165, 1.54) is 43.9 Å². The summed E-state index contributed by atoms with van der Waals surface area (Å²) in [6.07, 6.45) is 12.1. The zero-order valence-electron chi connectivity index (χ0n) is 18.9. The first-order valence-corrected chi connectivity index (χ1v) is 12.1. The highest BCUT2D eigenvalue weighted by molar-refractivity contribution is 5.64. The molecule has 32 heavy (non-hydrogen) atoms. The number of amides is 1. The lowest BCUT2D eigenvalue weighted by atomic mass is 9.84. The summed E-state index contributed by atoms with van der Waals surface area (Å²) in [6.45, 7) is 2.99. The van der Waals surface area contributed by atoms with Gasteiger partial charge in [-0.05, 0) is 75.6 Å². The first-order chi connectivity index (χ1) is 15.5. The van der Waals surface area contributed by atoms with Gasteiger partial charge < -0.3 is 20.1 Å². The molecule has 0 bridgehead atoms. The summed E-state index contributed by atoms with van der Waals surface area (Å²) in [7, 11) is 0. The second-order valence-corrected chi connectivity index (χ2v) is 9.28. The highest BCUT2D eigenvalue weighted by atomic mass is 19.1. The molecule has 3 fully saturated rings. The van der Waals surface area contributed by atoms with Crippen LogP contribution in [-0.2, 0) is 0 Å². The van der Waals surface area contributed by atoms with Crippen LogP contribution in [0, 0.1) is 23.1 Å². The van der Waals surface area contributed by atoms with Gasteiger partial charge in [-0.1, -0.05) is 25.7 Å². The number of hydrogen-bond acceptors (Lipinski definition) is 4. The molecule has 1 aromatic carbocycles. The van der Waals surface area contributed by atoms with Gasteiger partial charge in [0.2, 0.25) is 0 Å². The lowest BCUT2D eigenvalue weighted by molar-refractivity contribution is 0.0946. The monoisotopic (exact) mass is 445 g/mol. The van der Waals surface area contributed by atoms with Crippen molar-refractivity contribution in [3.63, 3.8) is 0 Å². The average molecular weight is 446 g/mol. The molecule has 0 aromatic heterocycles. The average Bonchev–Trinajstić information content (AvgIpc) is 2.74. The smallest absolute Gasteiger partial charge is 0.404 e. The van der Waals surface area contributed by atoms with Gasteiger partial charge >= 0.3 is 6.09 Å². The van der Waals surface area contributed by atoms with Crippen molar-refractivity contribution >= 4 is 6.09 Å². The largest absolute Gasteiger partial charge is 0.489 e. The molecule has 176 valence electrons. The molecular formula is C25H36FN3O3. The summed E-state index contributed by atoms with van der Waals surface area (Å²) in [4.78, 5) is 13.2. The molecule has 1 aliphatic heterocycles. The molecule has 0 atom stereocenters. The molecule has 2 aliphatic carbocycles. The molecule has 3 aliphatic rings. The molecule has 7 heteroatoms. The summed E-state index contributed by atoms with van der Waals surface area (Å²) in [5.74, 6) is 0.721. The minimum Gasteiger partial charge on any atom is -0.489 e. The van der Waals surface area contributed by atoms with Gasteiger partial charge in [0.25, 0.3) is 0 Å². The fourth-order valence-electron chi connectivity index (χ4n) is 4.51. The number of carboxylic acid groups (broad SMARTS) is 1. The fraction of sp³-hybridized carbons (Fsp3) is 0.680. The number of nitrogens with one attached hydrogen (secondary N) is 1. The van der Waals surface area contributed by atoms with Crippen molar-refractivity contribution in [3.8, 4) is 11.8 Å². The Morgan fingerprint density at radius 2 is 1.78 bits per heavy atom. The lowest BCUT2D eigenvalue weighted by Gasteiger charge is -2.34. The first-order valence-electron chi connectivity index (χ1n) is 12.1. The molecule has 1 amide bonds. The Balaban J connectivity index is 0.000000650. The Hall–Kier alpha value is -2.33. The molecular weight excluding hydrogens is 409 g/mol. The van der Waals surface area contributed by atoms with Crippen molar-refractivity contribution in [1.29, 1.82) is 5.26 Å². The maximum Gasteiger partial charge on any atom is 0.404 e. The van der Waals surface area contributed by atoms with Crippen molar-refractivity contribution < 1.29 is 19.0 Å². The maximum atomic E-state index is 13.2. The molecule has 1 aromatic rings. The van der Waals surface area contributed by atoms with Crippen molar-refractivity contribution in [2.45, 2.75) is 82.8 Å². The van der Waals surface area contributed by atoms with E-state index in [1.54, 1.807) is 0 Å². The number of nitriles is 1. The molecule has 0 radical (unpaired) electrons. The predicted octanol–water partition coefficient (Wildman–Crippen LogP) is 5.32. The van der Waals surface area contributed by atoms with Gasteiger partial charge in [0.1, 0.15) is 23.7 Å². The molecule has 1 saturated heterocycles. The van der Waals surface area contributed by atoms with Crippen molar-refractivity contribution in [3.05, 3.63) is 29.6 Å². The number of piperidine rings is 1. The van der Waals surface area contributed by atoms with Crippen LogP contribution in [0.4, 0.5) is 9.18 Å². The number of nitrogens with zero attached hydrogens (tertiary/aromatic N) is 2. The van der Waals surface area contributed by atoms with E-state index in [0.717, 1.165) is 64.6 Å². The van der Waals surface area contributed by atoms with Crippen molar-refractivity contribution in [2.24, 2.45) is 5.92 Å². The topological polar surface area (TPSA) is 85.6 Å². The SMILES string of the molecule is C1CCC1.N#Cc1cc(F)ccc1OC1CCN(CC[C@H]2CC[C@H](NC(=O)O)CC2)CC1. The van der Waals surface area contributed by atoms with Gasteiger partial charge in [0.15, 0.2) is 0 Å². The van der Waals surface area contributed by atoms with Crippen LogP contribution in [0.3, 0.4) is 0 Å². The Kier molecular flexibility index (Phi) is 9.61. The van der Waals surface area contributed by atoms with E-state index in [9.17, 15) is 9.18 Å². The summed E-state index contributed by atoms with van der Waals surface area (Å²) in [5, 5.41) is 20.5. The second-order valence-electron chi connectivity index (χ2n) is 9.28. The normalized spacial score (nSPS) is 23.8. The minimum absolute atomic E-state index is 0.0614. The Morgan fingerprint density at radius 1 is 1.12 bits per heavy atom. The summed E-state index contributed by atoms with van der Waals surface area (Å²) >= 11 is 0. The quantitative estimate of drug-likeness (QED) is 0.619. The number of likely N-dealkylation sites (tertiary alicyclic amines) is 1. The molecule has 0 unspecified atom stereocenters. The van der Waals surface area contributed by atoms with Crippen molar-refractivity contribution in [2.75, 3.05) is 19.6 Å². The summed E-state index contributed by atoms with van der Waals surface area (Å²) in [6, 6.07) is 6.19. The zero-order valence-corrected chi connectivity index (χ0v) is 18.9. The van der Waals surface area contributed by atoms with Gasteiger partial charge in [-0.3, -0.25) is 0 Å². The fourth-order valence-corrected chi connectivity index (χ4v) is 4.51. The third-order valence-electron chi connectivity index (χ3n) is 6.92. The van der Waals surface area contributed by atoms with E-state index in [2.05, 4.69) is 10.2 Å². The molecule has 1 heterocycles. The van der Waals surface area contributed by atoms with Crippen LogP contribution in [0.5, 0.6) is 5.75 Å². The highest BCUT2D eigenvalue weighted by Crippen LogP contribution is 2.28. The van der Waals surface area contributed by atoms with Gasteiger partial charge in [0.05, 0.1) is 5.56 Å². The van der Waals surface area contributed by atoms with Crippen LogP contribution in [0.1, 0.15) is 76.2 Å². The predicted molar refractivity (Wildman–Crippen MR) is 121 cm³/mol. The van der Waals surface area contributed by atoms with Crippen LogP contribution in [0.15, 0.2) is 18.2 Å². The number of ether oxygens (including phenoxy) is 1. The van der Waals surface area contributed by atoms with Crippen LogP contribution < -0.4 is 10.1 Å². The number of halogens is 1. The number of carbonyl (C=O) groups is 1. The van der Waals surface area contributed by atoms with Gasteiger partial charge in [0, 0.05) is 19.1 Å². The van der Waals surface area contributed by atoms with E-state index >= 15 is 0 Å². The summed E-state index contributed by atoms with van der Waals surface area (Å²) < 4.78 is 19.2. The van der Waals surface area contributed by atoms with E-state index in [4.69, 9.17) is 15.1 Å². The highest BCUT2D eigenvalue weighted by Gasteiger charge is 2.25. The molecule has 2 saturated carbocycles. The van der Waals surface area contributed by atoms with Gasteiger partial charge in [-0.2, -0.15) is 5.26 Å². The van der Waals surface area contributed by atoms with Crippen LogP contribution in [0.25, 0.3) is 0 Å². The van der Waals surface area contributed by atoms with E-state index in [-0.39, 0.29) is 17.7 Å². The minimum atomic E-state index is -0.920. The number of hydrogen-bond donors (Lipinski definition) is 2. The second kappa shape index (κ2) is 12.6. The summed E-state index contributed by atoms with van der Waals surface area (Å²) in [5.41, 5.74) is 0.246. The van der Waals surface area contributed by atoms with Crippen molar-refractivity contribution in [1.82, 2.24) is 10.2 Å².